The van der Waals surface area contributed by atoms with Gasteiger partial charge in [0, 0.05) is 23.2 Å². The predicted molar refractivity (Wildman–Crippen MR) is 76.7 cm³/mol. The lowest BCUT2D eigenvalue weighted by Crippen LogP contribution is -2.15. The van der Waals surface area contributed by atoms with Crippen LogP contribution in [0.4, 0.5) is 4.39 Å². The van der Waals surface area contributed by atoms with E-state index in [1.165, 1.54) is 18.9 Å². The second-order valence-corrected chi connectivity index (χ2v) is 5.37. The summed E-state index contributed by atoms with van der Waals surface area (Å²) in [6.45, 7) is 0.755. The molecule has 2 aromatic carbocycles. The van der Waals surface area contributed by atoms with E-state index in [2.05, 4.69) is 5.32 Å². The summed E-state index contributed by atoms with van der Waals surface area (Å²) in [6.07, 6.45) is 2.48. The Kier molecular flexibility index (Phi) is 3.54. The lowest BCUT2D eigenvalue weighted by Gasteiger charge is -2.12. The van der Waals surface area contributed by atoms with Crippen molar-refractivity contribution in [3.8, 4) is 11.1 Å². The first kappa shape index (κ1) is 12.6. The molecule has 0 saturated heterocycles. The van der Waals surface area contributed by atoms with E-state index in [-0.39, 0.29) is 5.82 Å². The van der Waals surface area contributed by atoms with Gasteiger partial charge in [0.1, 0.15) is 5.82 Å². The van der Waals surface area contributed by atoms with E-state index in [1.54, 1.807) is 12.1 Å². The van der Waals surface area contributed by atoms with Crippen molar-refractivity contribution in [2.75, 3.05) is 0 Å². The highest BCUT2D eigenvalue weighted by Gasteiger charge is 2.20. The van der Waals surface area contributed by atoms with Crippen molar-refractivity contribution in [3.05, 3.63) is 58.9 Å². The maximum absolute atomic E-state index is 13.9. The van der Waals surface area contributed by atoms with Crippen molar-refractivity contribution in [1.82, 2.24) is 5.32 Å². The summed E-state index contributed by atoms with van der Waals surface area (Å²) in [5.41, 5.74) is 2.57. The van der Waals surface area contributed by atoms with Crippen LogP contribution in [0.2, 0.25) is 5.02 Å². The van der Waals surface area contributed by atoms with Gasteiger partial charge < -0.3 is 5.32 Å². The number of rotatable bonds is 4. The third kappa shape index (κ3) is 2.96. The Morgan fingerprint density at radius 2 is 1.89 bits per heavy atom. The lowest BCUT2D eigenvalue weighted by molar-refractivity contribution is 0.630. The van der Waals surface area contributed by atoms with Crippen LogP contribution in [-0.2, 0) is 6.54 Å². The van der Waals surface area contributed by atoms with Crippen LogP contribution in [0.1, 0.15) is 18.4 Å². The van der Waals surface area contributed by atoms with Crippen LogP contribution in [0.5, 0.6) is 0 Å². The molecule has 0 atom stereocenters. The van der Waals surface area contributed by atoms with E-state index >= 15 is 0 Å². The summed E-state index contributed by atoms with van der Waals surface area (Å²) >= 11 is 6.05. The number of nitrogens with one attached hydrogen (secondary N) is 1. The number of hydrogen-bond acceptors (Lipinski definition) is 1. The van der Waals surface area contributed by atoms with Gasteiger partial charge in [-0.2, -0.15) is 0 Å². The third-order valence-corrected chi connectivity index (χ3v) is 3.63. The Balaban J connectivity index is 1.97. The Bertz CT molecular complexity index is 593. The first-order valence-corrected chi connectivity index (χ1v) is 6.88. The highest BCUT2D eigenvalue weighted by atomic mass is 35.5. The van der Waals surface area contributed by atoms with Crippen LogP contribution in [0, 0.1) is 5.82 Å². The van der Waals surface area contributed by atoms with E-state index in [1.807, 2.05) is 24.3 Å². The largest absolute Gasteiger partial charge is 0.310 e. The zero-order valence-electron chi connectivity index (χ0n) is 10.5. The summed E-state index contributed by atoms with van der Waals surface area (Å²) in [5, 5.41) is 4.09. The van der Waals surface area contributed by atoms with Crippen molar-refractivity contribution in [3.63, 3.8) is 0 Å². The van der Waals surface area contributed by atoms with Gasteiger partial charge in [-0.05, 0) is 42.2 Å². The van der Waals surface area contributed by atoms with Gasteiger partial charge in [0.2, 0.25) is 0 Å². The van der Waals surface area contributed by atoms with Gasteiger partial charge in [0.05, 0.1) is 0 Å². The van der Waals surface area contributed by atoms with E-state index in [4.69, 9.17) is 11.6 Å². The van der Waals surface area contributed by atoms with E-state index < -0.39 is 0 Å². The minimum atomic E-state index is -0.211. The van der Waals surface area contributed by atoms with Gasteiger partial charge in [-0.25, -0.2) is 4.39 Å². The second kappa shape index (κ2) is 5.32. The van der Waals surface area contributed by atoms with Crippen molar-refractivity contribution in [2.45, 2.75) is 25.4 Å². The fourth-order valence-electron chi connectivity index (χ4n) is 2.17. The molecule has 1 aliphatic carbocycles. The molecule has 1 nitrogen and oxygen atoms in total. The van der Waals surface area contributed by atoms with Crippen LogP contribution in [0.15, 0.2) is 42.5 Å². The first-order valence-electron chi connectivity index (χ1n) is 6.51. The average Bonchev–Trinajstić information content (AvgIpc) is 3.22. The molecule has 1 fully saturated rings. The molecule has 0 spiro atoms. The van der Waals surface area contributed by atoms with Gasteiger partial charge in [0.15, 0.2) is 0 Å². The maximum Gasteiger partial charge on any atom is 0.131 e. The zero-order chi connectivity index (χ0) is 13.2. The van der Waals surface area contributed by atoms with Crippen LogP contribution in [0.25, 0.3) is 11.1 Å². The molecule has 1 aliphatic rings. The van der Waals surface area contributed by atoms with Gasteiger partial charge in [-0.3, -0.25) is 0 Å². The molecule has 0 amide bonds. The highest BCUT2D eigenvalue weighted by molar-refractivity contribution is 6.30. The molecule has 98 valence electrons. The molecular weight excluding hydrogens is 261 g/mol. The van der Waals surface area contributed by atoms with E-state index in [9.17, 15) is 4.39 Å². The molecule has 0 bridgehead atoms. The summed E-state index contributed by atoms with van der Waals surface area (Å²) in [6, 6.07) is 13.1. The van der Waals surface area contributed by atoms with Crippen LogP contribution >= 0.6 is 11.6 Å². The first-order chi connectivity index (χ1) is 9.24. The Labute approximate surface area is 117 Å². The van der Waals surface area contributed by atoms with Crippen LogP contribution < -0.4 is 5.32 Å². The summed E-state index contributed by atoms with van der Waals surface area (Å²) in [5.74, 6) is -0.211. The monoisotopic (exact) mass is 275 g/mol. The van der Waals surface area contributed by atoms with Gasteiger partial charge in [0.25, 0.3) is 0 Å². The molecule has 0 radical (unpaired) electrons. The molecule has 0 unspecified atom stereocenters. The standard InChI is InChI=1S/C16H15ClFN/c17-12-6-5-11(10-19-13-7-8-13)15(9-12)14-3-1-2-4-16(14)18/h1-6,9,13,19H,7-8,10H2. The molecule has 19 heavy (non-hydrogen) atoms. The van der Waals surface area contributed by atoms with E-state index in [0.717, 1.165) is 17.7 Å². The van der Waals surface area contributed by atoms with Gasteiger partial charge in [-0.1, -0.05) is 35.9 Å². The van der Waals surface area contributed by atoms with Gasteiger partial charge >= 0.3 is 0 Å². The summed E-state index contributed by atoms with van der Waals surface area (Å²) in [7, 11) is 0. The highest BCUT2D eigenvalue weighted by Crippen LogP contribution is 2.30. The number of benzene rings is 2. The topological polar surface area (TPSA) is 12.0 Å². The molecule has 2 aromatic rings. The molecule has 0 heterocycles. The normalized spacial score (nSPS) is 14.6. The second-order valence-electron chi connectivity index (χ2n) is 4.94. The molecule has 3 heteroatoms. The Morgan fingerprint density at radius 1 is 1.11 bits per heavy atom. The fraction of sp³-hybridized carbons (Fsp3) is 0.250. The molecule has 1 saturated carbocycles. The molecule has 1 N–H and O–H groups in total. The van der Waals surface area contributed by atoms with Crippen molar-refractivity contribution < 1.29 is 4.39 Å². The molecule has 0 aliphatic heterocycles. The van der Waals surface area contributed by atoms with Crippen molar-refractivity contribution in [1.29, 1.82) is 0 Å². The Morgan fingerprint density at radius 3 is 2.63 bits per heavy atom. The molecule has 0 aromatic heterocycles. The predicted octanol–water partition coefficient (Wildman–Crippen LogP) is 4.40. The SMILES string of the molecule is Fc1ccccc1-c1cc(Cl)ccc1CNC1CC1. The van der Waals surface area contributed by atoms with Crippen LogP contribution in [0.3, 0.4) is 0 Å². The maximum atomic E-state index is 13.9. The number of halogens is 2. The van der Waals surface area contributed by atoms with E-state index in [0.29, 0.717) is 16.6 Å². The average molecular weight is 276 g/mol. The van der Waals surface area contributed by atoms with Crippen molar-refractivity contribution in [2.24, 2.45) is 0 Å². The molecular formula is C16H15ClFN. The minimum absolute atomic E-state index is 0.211. The summed E-state index contributed by atoms with van der Waals surface area (Å²) < 4.78 is 13.9. The quantitative estimate of drug-likeness (QED) is 0.872. The fourth-order valence-corrected chi connectivity index (χ4v) is 2.35. The van der Waals surface area contributed by atoms with Crippen molar-refractivity contribution >= 4 is 11.6 Å². The minimum Gasteiger partial charge on any atom is -0.310 e. The zero-order valence-corrected chi connectivity index (χ0v) is 11.3. The summed E-state index contributed by atoms with van der Waals surface area (Å²) in [4.78, 5) is 0. The van der Waals surface area contributed by atoms with Gasteiger partial charge in [-0.15, -0.1) is 0 Å². The molecule has 3 rings (SSSR count). The third-order valence-electron chi connectivity index (χ3n) is 3.39. The Hall–Kier alpha value is -1.38. The lowest BCUT2D eigenvalue weighted by atomic mass is 9.99. The van der Waals surface area contributed by atoms with Crippen LogP contribution in [-0.4, -0.2) is 6.04 Å². The number of hydrogen-bond donors (Lipinski definition) is 1. The smallest absolute Gasteiger partial charge is 0.131 e.